The minimum absolute atomic E-state index is 0.438. The highest BCUT2D eigenvalue weighted by atomic mass is 32.2. The number of hydrogen-bond donors (Lipinski definition) is 1. The van der Waals surface area contributed by atoms with E-state index in [0.717, 1.165) is 4.90 Å². The molecular weight excluding hydrogens is 208 g/mol. The molecule has 0 aliphatic rings. The summed E-state index contributed by atoms with van der Waals surface area (Å²) in [7, 11) is -1.02. The summed E-state index contributed by atoms with van der Waals surface area (Å²) in [5.74, 6) is 0.438. The second-order valence-corrected chi connectivity index (χ2v) is 5.38. The van der Waals surface area contributed by atoms with Gasteiger partial charge in [-0.3, -0.25) is 4.21 Å². The van der Waals surface area contributed by atoms with Crippen molar-refractivity contribution < 1.29 is 9.32 Å². The molecule has 0 saturated heterocycles. The van der Waals surface area contributed by atoms with Gasteiger partial charge in [-0.05, 0) is 26.0 Å². The van der Waals surface area contributed by atoms with E-state index in [1.807, 2.05) is 30.3 Å². The van der Waals surface area contributed by atoms with Gasteiger partial charge in [0.1, 0.15) is 0 Å². The van der Waals surface area contributed by atoms with E-state index in [-0.39, 0.29) is 0 Å². The van der Waals surface area contributed by atoms with Crippen LogP contribution in [0.5, 0.6) is 0 Å². The summed E-state index contributed by atoms with van der Waals surface area (Å²) in [5.41, 5.74) is -0.832. The second kappa shape index (κ2) is 5.24. The summed E-state index contributed by atoms with van der Waals surface area (Å²) in [5, 5.41) is 9.42. The molecular formula is C12H16O2S. The molecule has 1 aromatic rings. The Morgan fingerprint density at radius 2 is 1.93 bits per heavy atom. The molecule has 0 radical (unpaired) electrons. The first-order valence-electron chi connectivity index (χ1n) is 4.82. The molecule has 0 aliphatic carbocycles. The van der Waals surface area contributed by atoms with Crippen LogP contribution >= 0.6 is 0 Å². The minimum Gasteiger partial charge on any atom is -0.386 e. The minimum atomic E-state index is -1.02. The Labute approximate surface area is 93.1 Å². The van der Waals surface area contributed by atoms with Gasteiger partial charge in [0.2, 0.25) is 0 Å². The summed E-state index contributed by atoms with van der Waals surface area (Å²) in [6.45, 7) is 3.38. The van der Waals surface area contributed by atoms with Crippen LogP contribution in [0.25, 0.3) is 0 Å². The van der Waals surface area contributed by atoms with E-state index in [1.165, 1.54) is 0 Å². The largest absolute Gasteiger partial charge is 0.386 e. The Morgan fingerprint density at radius 1 is 1.33 bits per heavy atom. The van der Waals surface area contributed by atoms with Gasteiger partial charge in [0.15, 0.2) is 0 Å². The Bertz CT molecular complexity index is 350. The van der Waals surface area contributed by atoms with Gasteiger partial charge in [0.25, 0.3) is 0 Å². The molecule has 1 N–H and O–H groups in total. The predicted molar refractivity (Wildman–Crippen MR) is 63.2 cm³/mol. The molecule has 1 unspecified atom stereocenters. The zero-order valence-corrected chi connectivity index (χ0v) is 9.83. The van der Waals surface area contributed by atoms with Gasteiger partial charge in [-0.2, -0.15) is 0 Å². The van der Waals surface area contributed by atoms with E-state index in [4.69, 9.17) is 0 Å². The van der Waals surface area contributed by atoms with Gasteiger partial charge in [-0.15, -0.1) is 0 Å². The van der Waals surface area contributed by atoms with Crippen molar-refractivity contribution in [3.63, 3.8) is 0 Å². The van der Waals surface area contributed by atoms with Crippen LogP contribution < -0.4 is 0 Å². The standard InChI is InChI=1S/C12H16O2S/c1-12(2,13)9-6-10-15(14)11-7-4-3-5-8-11/h3-9,13H,10H2,1-2H3/b9-6+. The molecule has 0 aromatic heterocycles. The van der Waals surface area contributed by atoms with Crippen LogP contribution in [0, 0.1) is 0 Å². The number of aliphatic hydroxyl groups is 1. The Morgan fingerprint density at radius 3 is 2.47 bits per heavy atom. The maximum absolute atomic E-state index is 11.7. The first-order chi connectivity index (χ1) is 6.99. The SMILES string of the molecule is CC(C)(O)/C=C/CS(=O)c1ccccc1. The van der Waals surface area contributed by atoms with E-state index < -0.39 is 16.4 Å². The van der Waals surface area contributed by atoms with E-state index in [0.29, 0.717) is 5.75 Å². The summed E-state index contributed by atoms with van der Waals surface area (Å²) in [6, 6.07) is 9.31. The summed E-state index contributed by atoms with van der Waals surface area (Å²) >= 11 is 0. The van der Waals surface area contributed by atoms with Crippen LogP contribution in [-0.4, -0.2) is 20.7 Å². The van der Waals surface area contributed by atoms with Gasteiger partial charge in [-0.1, -0.05) is 30.4 Å². The third-order valence-corrected chi connectivity index (χ3v) is 3.07. The highest BCUT2D eigenvalue weighted by Gasteiger charge is 2.06. The molecule has 3 heteroatoms. The van der Waals surface area contributed by atoms with Gasteiger partial charge >= 0.3 is 0 Å². The molecule has 0 aliphatic heterocycles. The molecule has 0 spiro atoms. The number of rotatable bonds is 4. The molecule has 0 amide bonds. The third-order valence-electron chi connectivity index (χ3n) is 1.78. The normalized spacial score (nSPS) is 14.3. The van der Waals surface area contributed by atoms with Crippen molar-refractivity contribution in [3.05, 3.63) is 42.5 Å². The van der Waals surface area contributed by atoms with Crippen molar-refractivity contribution in [1.29, 1.82) is 0 Å². The third kappa shape index (κ3) is 4.91. The molecule has 82 valence electrons. The number of hydrogen-bond acceptors (Lipinski definition) is 2. The maximum atomic E-state index is 11.7. The second-order valence-electron chi connectivity index (χ2n) is 3.88. The zero-order valence-electron chi connectivity index (χ0n) is 9.01. The fourth-order valence-electron chi connectivity index (χ4n) is 1.09. The predicted octanol–water partition coefficient (Wildman–Crippen LogP) is 2.12. The fraction of sp³-hybridized carbons (Fsp3) is 0.333. The molecule has 1 aromatic carbocycles. The van der Waals surface area contributed by atoms with E-state index >= 15 is 0 Å². The van der Waals surface area contributed by atoms with Crippen LogP contribution in [0.2, 0.25) is 0 Å². The molecule has 0 heterocycles. The Kier molecular flexibility index (Phi) is 4.24. The van der Waals surface area contributed by atoms with Crippen LogP contribution in [0.1, 0.15) is 13.8 Å². The van der Waals surface area contributed by atoms with Gasteiger partial charge in [0, 0.05) is 10.6 Å². The van der Waals surface area contributed by atoms with Crippen molar-refractivity contribution in [2.24, 2.45) is 0 Å². The Balaban J connectivity index is 2.55. The van der Waals surface area contributed by atoms with Crippen molar-refractivity contribution in [3.8, 4) is 0 Å². The van der Waals surface area contributed by atoms with E-state index in [9.17, 15) is 9.32 Å². The highest BCUT2D eigenvalue weighted by Crippen LogP contribution is 2.07. The summed E-state index contributed by atoms with van der Waals surface area (Å²) < 4.78 is 11.7. The molecule has 1 atom stereocenters. The first-order valence-corrected chi connectivity index (χ1v) is 6.14. The van der Waals surface area contributed by atoms with Crippen LogP contribution in [-0.2, 0) is 10.8 Å². The Hall–Kier alpha value is -0.930. The first kappa shape index (κ1) is 12.1. The molecule has 0 saturated carbocycles. The lowest BCUT2D eigenvalue weighted by Crippen LogP contribution is -2.14. The van der Waals surface area contributed by atoms with Crippen molar-refractivity contribution in [2.45, 2.75) is 24.3 Å². The van der Waals surface area contributed by atoms with Crippen molar-refractivity contribution in [2.75, 3.05) is 5.75 Å². The van der Waals surface area contributed by atoms with Crippen LogP contribution in [0.15, 0.2) is 47.4 Å². The van der Waals surface area contributed by atoms with Crippen molar-refractivity contribution in [1.82, 2.24) is 0 Å². The maximum Gasteiger partial charge on any atom is 0.0771 e. The topological polar surface area (TPSA) is 37.3 Å². The van der Waals surface area contributed by atoms with E-state index in [2.05, 4.69) is 0 Å². The fourth-order valence-corrected chi connectivity index (χ4v) is 2.02. The average molecular weight is 224 g/mol. The van der Waals surface area contributed by atoms with Crippen molar-refractivity contribution >= 4 is 10.8 Å². The molecule has 0 fully saturated rings. The molecule has 0 bridgehead atoms. The zero-order chi connectivity index (χ0) is 11.3. The molecule has 1 rings (SSSR count). The lowest BCUT2D eigenvalue weighted by molar-refractivity contribution is 0.133. The van der Waals surface area contributed by atoms with Crippen LogP contribution in [0.4, 0.5) is 0 Å². The number of benzene rings is 1. The lowest BCUT2D eigenvalue weighted by atomic mass is 10.1. The molecule has 2 nitrogen and oxygen atoms in total. The van der Waals surface area contributed by atoms with Gasteiger partial charge < -0.3 is 5.11 Å². The quantitative estimate of drug-likeness (QED) is 0.795. The van der Waals surface area contributed by atoms with E-state index in [1.54, 1.807) is 26.0 Å². The highest BCUT2D eigenvalue weighted by molar-refractivity contribution is 7.85. The van der Waals surface area contributed by atoms with Gasteiger partial charge in [0.05, 0.1) is 16.4 Å². The smallest absolute Gasteiger partial charge is 0.0771 e. The lowest BCUT2D eigenvalue weighted by Gasteiger charge is -2.09. The monoisotopic (exact) mass is 224 g/mol. The summed E-state index contributed by atoms with van der Waals surface area (Å²) in [6.07, 6.45) is 3.41. The molecule has 15 heavy (non-hydrogen) atoms. The average Bonchev–Trinajstić information content (AvgIpc) is 2.17. The van der Waals surface area contributed by atoms with Gasteiger partial charge in [-0.25, -0.2) is 0 Å². The summed E-state index contributed by atoms with van der Waals surface area (Å²) in [4.78, 5) is 0.817. The van der Waals surface area contributed by atoms with Crippen LogP contribution in [0.3, 0.4) is 0 Å².